The van der Waals surface area contributed by atoms with Crippen molar-refractivity contribution in [2.45, 2.75) is 50.9 Å². The van der Waals surface area contributed by atoms with Gasteiger partial charge < -0.3 is 42.0 Å². The number of phenols is 1. The number of nitrogens with two attached hydrogens (primary N) is 1. The van der Waals surface area contributed by atoms with Gasteiger partial charge in [-0.25, -0.2) is 4.79 Å². The number of nitrogens with one attached hydrogen (secondary N) is 4. The lowest BCUT2D eigenvalue weighted by Crippen LogP contribution is -2.58. The van der Waals surface area contributed by atoms with Crippen molar-refractivity contribution in [3.8, 4) is 5.75 Å². The lowest BCUT2D eigenvalue weighted by Gasteiger charge is -2.26. The molecule has 3 amide bonds. The van der Waals surface area contributed by atoms with E-state index in [-0.39, 0.29) is 18.6 Å². The summed E-state index contributed by atoms with van der Waals surface area (Å²) in [6.07, 6.45) is 1.73. The Hall–Kier alpha value is -4.42. The SMILES string of the molecule is CC(C)C(NC(=O)C(Cc1ccc(O)cc1)NC(=O)C(Cc1c[nH]c2ccccc12)NC(=O)C(N)CO)C(=O)O. The molecule has 0 fully saturated rings. The van der Waals surface area contributed by atoms with Gasteiger partial charge in [-0.1, -0.05) is 44.2 Å². The van der Waals surface area contributed by atoms with Gasteiger partial charge >= 0.3 is 5.97 Å². The molecule has 12 heteroatoms. The van der Waals surface area contributed by atoms with E-state index in [2.05, 4.69) is 20.9 Å². The summed E-state index contributed by atoms with van der Waals surface area (Å²) in [5, 5.41) is 37.0. The van der Waals surface area contributed by atoms with Crippen LogP contribution in [-0.4, -0.2) is 74.8 Å². The fraction of sp³-hybridized carbons (Fsp3) is 0.357. The molecule has 0 saturated heterocycles. The van der Waals surface area contributed by atoms with Crippen molar-refractivity contribution < 1.29 is 34.5 Å². The van der Waals surface area contributed by atoms with Gasteiger partial charge in [0.25, 0.3) is 0 Å². The van der Waals surface area contributed by atoms with Crippen LogP contribution in [0.25, 0.3) is 10.9 Å². The van der Waals surface area contributed by atoms with Gasteiger partial charge in [-0.3, -0.25) is 14.4 Å². The quantitative estimate of drug-likeness (QED) is 0.146. The van der Waals surface area contributed by atoms with Gasteiger partial charge in [-0.05, 0) is 35.2 Å². The van der Waals surface area contributed by atoms with Gasteiger partial charge in [0.2, 0.25) is 17.7 Å². The number of aliphatic hydroxyl groups is 1. The molecule has 0 saturated carbocycles. The molecule has 4 unspecified atom stereocenters. The lowest BCUT2D eigenvalue weighted by atomic mass is 10.00. The van der Waals surface area contributed by atoms with Crippen LogP contribution in [-0.2, 0) is 32.0 Å². The van der Waals surface area contributed by atoms with Gasteiger partial charge in [0.05, 0.1) is 6.61 Å². The number of aliphatic carboxylic acids is 1. The largest absolute Gasteiger partial charge is 0.508 e. The van der Waals surface area contributed by atoms with Crippen LogP contribution in [0.5, 0.6) is 5.75 Å². The highest BCUT2D eigenvalue weighted by Gasteiger charge is 2.32. The van der Waals surface area contributed by atoms with E-state index in [1.807, 2.05) is 24.3 Å². The fourth-order valence-electron chi connectivity index (χ4n) is 4.21. The Morgan fingerprint density at radius 1 is 0.875 bits per heavy atom. The molecule has 40 heavy (non-hydrogen) atoms. The van der Waals surface area contributed by atoms with E-state index in [0.717, 1.165) is 16.5 Å². The first kappa shape index (κ1) is 30.1. The van der Waals surface area contributed by atoms with Crippen LogP contribution < -0.4 is 21.7 Å². The van der Waals surface area contributed by atoms with Gasteiger partial charge in [-0.2, -0.15) is 0 Å². The zero-order chi connectivity index (χ0) is 29.4. The number of carboxylic acids is 1. The van der Waals surface area contributed by atoms with Crippen molar-refractivity contribution in [3.05, 3.63) is 65.9 Å². The summed E-state index contributed by atoms with van der Waals surface area (Å²) in [4.78, 5) is 54.3. The van der Waals surface area contributed by atoms with E-state index in [1.165, 1.54) is 12.1 Å². The second-order valence-corrected chi connectivity index (χ2v) is 9.91. The predicted molar refractivity (Wildman–Crippen MR) is 147 cm³/mol. The molecule has 9 N–H and O–H groups in total. The molecule has 0 aliphatic carbocycles. The van der Waals surface area contributed by atoms with Crippen LogP contribution in [0.15, 0.2) is 54.7 Å². The number of carboxylic acid groups (broad SMARTS) is 1. The van der Waals surface area contributed by atoms with Crippen LogP contribution >= 0.6 is 0 Å². The standard InChI is InChI=1S/C28H35N5O7/c1-15(2)24(28(39)40)33-27(38)22(11-16-7-9-18(35)10-8-16)32-26(37)23(31-25(36)20(29)14-34)12-17-13-30-21-6-4-3-5-19(17)21/h3-10,13,15,20,22-24,30,34-35H,11-12,14,29H2,1-2H3,(H,31,36)(H,32,37)(H,33,38)(H,39,40). The summed E-state index contributed by atoms with van der Waals surface area (Å²) in [6.45, 7) is 2.65. The molecular weight excluding hydrogens is 518 g/mol. The number of aromatic hydroxyl groups is 1. The van der Waals surface area contributed by atoms with Gasteiger partial charge in [-0.15, -0.1) is 0 Å². The summed E-state index contributed by atoms with van der Waals surface area (Å²) in [7, 11) is 0. The Balaban J connectivity index is 1.90. The summed E-state index contributed by atoms with van der Waals surface area (Å²) in [5.74, 6) is -3.83. The molecule has 2 aromatic carbocycles. The maximum Gasteiger partial charge on any atom is 0.326 e. The van der Waals surface area contributed by atoms with Crippen molar-refractivity contribution in [1.29, 1.82) is 0 Å². The Bertz CT molecular complexity index is 1340. The Kier molecular flexibility index (Phi) is 10.2. The number of aromatic amines is 1. The third kappa shape index (κ3) is 7.80. The minimum absolute atomic E-state index is 0.0151. The minimum Gasteiger partial charge on any atom is -0.508 e. The van der Waals surface area contributed by atoms with Crippen LogP contribution in [0, 0.1) is 5.92 Å². The number of rotatable bonds is 13. The van der Waals surface area contributed by atoms with Crippen molar-refractivity contribution in [2.24, 2.45) is 11.7 Å². The number of amides is 3. The van der Waals surface area contributed by atoms with Crippen LogP contribution in [0.3, 0.4) is 0 Å². The van der Waals surface area contributed by atoms with Gasteiger partial charge in [0, 0.05) is 29.9 Å². The molecule has 3 aromatic rings. The van der Waals surface area contributed by atoms with Crippen molar-refractivity contribution in [2.75, 3.05) is 6.61 Å². The first-order valence-corrected chi connectivity index (χ1v) is 12.8. The van der Waals surface area contributed by atoms with E-state index in [4.69, 9.17) is 5.73 Å². The first-order chi connectivity index (χ1) is 19.0. The number of hydrogen-bond acceptors (Lipinski definition) is 7. The smallest absolute Gasteiger partial charge is 0.326 e. The second kappa shape index (κ2) is 13.6. The highest BCUT2D eigenvalue weighted by Crippen LogP contribution is 2.19. The molecular formula is C28H35N5O7. The minimum atomic E-state index is -1.27. The maximum absolute atomic E-state index is 13.6. The molecule has 0 radical (unpaired) electrons. The fourth-order valence-corrected chi connectivity index (χ4v) is 4.21. The van der Waals surface area contributed by atoms with E-state index >= 15 is 0 Å². The molecule has 0 aliphatic heterocycles. The summed E-state index contributed by atoms with van der Waals surface area (Å²) in [6, 6.07) is 8.54. The molecule has 12 nitrogen and oxygen atoms in total. The normalized spacial score (nSPS) is 14.2. The predicted octanol–water partition coefficient (Wildman–Crippen LogP) is 0.173. The van der Waals surface area contributed by atoms with E-state index in [0.29, 0.717) is 5.56 Å². The summed E-state index contributed by atoms with van der Waals surface area (Å²) in [5.41, 5.74) is 7.80. The third-order valence-electron chi connectivity index (χ3n) is 6.51. The number of H-pyrrole nitrogens is 1. The number of carbonyl (C=O) groups is 4. The molecule has 1 heterocycles. The number of hydrogen-bond donors (Lipinski definition) is 8. The van der Waals surface area contributed by atoms with E-state index in [9.17, 15) is 34.5 Å². The first-order valence-electron chi connectivity index (χ1n) is 12.8. The second-order valence-electron chi connectivity index (χ2n) is 9.91. The number of para-hydroxylation sites is 1. The Morgan fingerprint density at radius 2 is 1.48 bits per heavy atom. The van der Waals surface area contributed by atoms with Crippen LogP contribution in [0.1, 0.15) is 25.0 Å². The van der Waals surface area contributed by atoms with Gasteiger partial charge in [0.15, 0.2) is 0 Å². The van der Waals surface area contributed by atoms with Crippen molar-refractivity contribution in [3.63, 3.8) is 0 Å². The van der Waals surface area contributed by atoms with Crippen LogP contribution in [0.2, 0.25) is 0 Å². The number of aliphatic hydroxyl groups excluding tert-OH is 1. The summed E-state index contributed by atoms with van der Waals surface area (Å²) >= 11 is 0. The highest BCUT2D eigenvalue weighted by molar-refractivity contribution is 5.95. The van der Waals surface area contributed by atoms with Crippen LogP contribution in [0.4, 0.5) is 0 Å². The third-order valence-corrected chi connectivity index (χ3v) is 6.51. The molecule has 1 aromatic heterocycles. The van der Waals surface area contributed by atoms with E-state index in [1.54, 1.807) is 32.2 Å². The number of aromatic nitrogens is 1. The molecule has 0 aliphatic rings. The molecule has 4 atom stereocenters. The topological polar surface area (TPSA) is 207 Å². The average molecular weight is 554 g/mol. The number of fused-ring (bicyclic) bond motifs is 1. The van der Waals surface area contributed by atoms with Crippen molar-refractivity contribution >= 4 is 34.6 Å². The summed E-state index contributed by atoms with van der Waals surface area (Å²) < 4.78 is 0. The molecule has 0 bridgehead atoms. The number of carbonyl (C=O) groups excluding carboxylic acids is 3. The van der Waals surface area contributed by atoms with Crippen molar-refractivity contribution in [1.82, 2.24) is 20.9 Å². The Labute approximate surface area is 231 Å². The molecule has 0 spiro atoms. The zero-order valence-corrected chi connectivity index (χ0v) is 22.3. The molecule has 3 rings (SSSR count). The number of phenolic OH excluding ortho intramolecular Hbond substituents is 1. The molecule has 214 valence electrons. The number of benzene rings is 2. The highest BCUT2D eigenvalue weighted by atomic mass is 16.4. The Morgan fingerprint density at radius 3 is 2.10 bits per heavy atom. The van der Waals surface area contributed by atoms with E-state index < -0.39 is 60.4 Å². The monoisotopic (exact) mass is 553 g/mol. The average Bonchev–Trinajstić information content (AvgIpc) is 3.33. The van der Waals surface area contributed by atoms with Gasteiger partial charge in [0.1, 0.15) is 29.9 Å². The zero-order valence-electron chi connectivity index (χ0n) is 22.3. The maximum atomic E-state index is 13.6. The lowest BCUT2D eigenvalue weighted by molar-refractivity contribution is -0.143.